The first-order valence-corrected chi connectivity index (χ1v) is 10.8. The van der Waals surface area contributed by atoms with Gasteiger partial charge in [0.15, 0.2) is 11.3 Å². The minimum Gasteiger partial charge on any atom is -0.298 e. The Balaban J connectivity index is 1.74. The van der Waals surface area contributed by atoms with Crippen molar-refractivity contribution in [3.63, 3.8) is 0 Å². The summed E-state index contributed by atoms with van der Waals surface area (Å²) in [6.45, 7) is 2.15. The average molecular weight is 397 g/mol. The van der Waals surface area contributed by atoms with Gasteiger partial charge in [0.25, 0.3) is 5.91 Å². The Morgan fingerprint density at radius 2 is 2.19 bits per heavy atom. The summed E-state index contributed by atoms with van der Waals surface area (Å²) in [5.41, 5.74) is 0.557. The van der Waals surface area contributed by atoms with E-state index in [0.29, 0.717) is 10.9 Å². The summed E-state index contributed by atoms with van der Waals surface area (Å²) in [7, 11) is 0. The number of rotatable bonds is 5. The highest BCUT2D eigenvalue weighted by atomic mass is 32.2. The Kier molecular flexibility index (Phi) is 5.40. The Morgan fingerprint density at radius 1 is 1.30 bits per heavy atom. The van der Waals surface area contributed by atoms with Gasteiger partial charge in [-0.3, -0.25) is 15.1 Å². The number of hydrogen-bond donors (Lipinski definition) is 1. The number of amides is 1. The van der Waals surface area contributed by atoms with Crippen LogP contribution in [-0.2, 0) is 4.79 Å². The number of hydrogen-bond acceptors (Lipinski definition) is 6. The summed E-state index contributed by atoms with van der Waals surface area (Å²) in [6, 6.07) is 11.8. The van der Waals surface area contributed by atoms with Gasteiger partial charge in [0.05, 0.1) is 5.36 Å². The van der Waals surface area contributed by atoms with Crippen molar-refractivity contribution < 1.29 is 4.79 Å². The maximum absolute atomic E-state index is 12.9. The van der Waals surface area contributed by atoms with E-state index in [4.69, 9.17) is 10.1 Å². The zero-order chi connectivity index (χ0) is 18.6. The molecule has 2 aliphatic heterocycles. The Labute approximate surface area is 166 Å². The highest BCUT2D eigenvalue weighted by Crippen LogP contribution is 2.22. The number of nitrogens with zero attached hydrogens (tertiary/aromatic N) is 3. The summed E-state index contributed by atoms with van der Waals surface area (Å²) in [5, 5.41) is 13.7. The second-order valence-corrected chi connectivity index (χ2v) is 8.25. The number of carbonyl (C=O) groups excluding carboxylic acids is 1. The second-order valence-electron chi connectivity index (χ2n) is 6.19. The number of thiophene rings is 1. The molecule has 1 amide bonds. The standard InChI is InChI=1S/C20H20N4OS2/c1-2-3-12-27-20-22-19(25)18-15-8-4-5-9-16(15)21-17(24(18)23-20)11-10-14-7-6-13-26-14/h4-11,13,17H,2-3,12H2,1H3,(H,22,23,25)/b11-10+/t17-/m1/s1. The zero-order valence-electron chi connectivity index (χ0n) is 15.0. The first-order chi connectivity index (χ1) is 13.3. The fourth-order valence-corrected chi connectivity index (χ4v) is 4.49. The van der Waals surface area contributed by atoms with Crippen LogP contribution in [0.1, 0.15) is 24.6 Å². The SMILES string of the molecule is CCCCSC1=NN2C(=c3ccccc3=N[C@H]2/C=C/c2cccs2)C(=O)N1. The molecule has 0 spiro atoms. The van der Waals surface area contributed by atoms with Crippen molar-refractivity contribution in [1.82, 2.24) is 10.3 Å². The number of fused-ring (bicyclic) bond motifs is 2. The molecule has 2 aromatic rings. The average Bonchev–Trinajstić information content (AvgIpc) is 3.20. The Hall–Kier alpha value is -2.38. The van der Waals surface area contributed by atoms with Gasteiger partial charge in [-0.05, 0) is 36.1 Å². The molecule has 1 atom stereocenters. The molecule has 0 radical (unpaired) electrons. The van der Waals surface area contributed by atoms with Crippen LogP contribution >= 0.6 is 23.1 Å². The monoisotopic (exact) mass is 396 g/mol. The number of amidine groups is 1. The lowest BCUT2D eigenvalue weighted by Crippen LogP contribution is -2.52. The van der Waals surface area contributed by atoms with Crippen molar-refractivity contribution in [2.24, 2.45) is 10.1 Å². The molecule has 0 unspecified atom stereocenters. The van der Waals surface area contributed by atoms with Crippen LogP contribution in [0.5, 0.6) is 0 Å². The molecule has 0 fully saturated rings. The normalized spacial score (nSPS) is 18.6. The van der Waals surface area contributed by atoms with Gasteiger partial charge < -0.3 is 0 Å². The first-order valence-electron chi connectivity index (χ1n) is 8.97. The molecule has 4 rings (SSSR count). The van der Waals surface area contributed by atoms with Crippen LogP contribution in [0, 0.1) is 0 Å². The predicted octanol–water partition coefficient (Wildman–Crippen LogP) is 2.77. The summed E-state index contributed by atoms with van der Waals surface area (Å²) in [5.74, 6) is 0.809. The molecule has 0 bridgehead atoms. The zero-order valence-corrected chi connectivity index (χ0v) is 16.6. The van der Waals surface area contributed by atoms with Crippen molar-refractivity contribution in [1.29, 1.82) is 0 Å². The molecule has 0 aliphatic carbocycles. The van der Waals surface area contributed by atoms with Gasteiger partial charge in [-0.25, -0.2) is 5.01 Å². The minimum absolute atomic E-state index is 0.124. The number of nitrogens with one attached hydrogen (secondary N) is 1. The van der Waals surface area contributed by atoms with E-state index in [1.807, 2.05) is 47.9 Å². The summed E-state index contributed by atoms with van der Waals surface area (Å²) >= 11 is 3.25. The van der Waals surface area contributed by atoms with Crippen LogP contribution in [0.4, 0.5) is 0 Å². The number of unbranched alkanes of at least 4 members (excludes halogenated alkanes) is 1. The molecule has 1 N–H and O–H groups in total. The van der Waals surface area contributed by atoms with Crippen molar-refractivity contribution >= 4 is 45.9 Å². The van der Waals surface area contributed by atoms with E-state index in [2.05, 4.69) is 18.3 Å². The minimum atomic E-state index is -0.343. The van der Waals surface area contributed by atoms with Gasteiger partial charge in [-0.2, -0.15) is 0 Å². The first kappa shape index (κ1) is 18.0. The molecule has 5 nitrogen and oxygen atoms in total. The maximum Gasteiger partial charge on any atom is 0.276 e. The van der Waals surface area contributed by atoms with Crippen LogP contribution in [0.3, 0.4) is 0 Å². The van der Waals surface area contributed by atoms with E-state index in [1.54, 1.807) is 28.1 Å². The smallest absolute Gasteiger partial charge is 0.276 e. The molecule has 2 aliphatic rings. The molecule has 138 valence electrons. The molecule has 3 heterocycles. The quantitative estimate of drug-likeness (QED) is 0.791. The summed E-state index contributed by atoms with van der Waals surface area (Å²) in [4.78, 5) is 18.8. The predicted molar refractivity (Wildman–Crippen MR) is 113 cm³/mol. The van der Waals surface area contributed by atoms with Gasteiger partial charge >= 0.3 is 0 Å². The van der Waals surface area contributed by atoms with Crippen LogP contribution in [0.2, 0.25) is 0 Å². The highest BCUT2D eigenvalue weighted by Gasteiger charge is 2.32. The van der Waals surface area contributed by atoms with Crippen molar-refractivity contribution in [3.05, 3.63) is 63.3 Å². The Bertz CT molecular complexity index is 1010. The van der Waals surface area contributed by atoms with Crippen molar-refractivity contribution in [3.8, 4) is 0 Å². The fourth-order valence-electron chi connectivity index (χ4n) is 2.92. The van der Waals surface area contributed by atoms with Gasteiger partial charge in [-0.15, -0.1) is 16.4 Å². The van der Waals surface area contributed by atoms with Crippen LogP contribution in [-0.4, -0.2) is 28.0 Å². The van der Waals surface area contributed by atoms with E-state index in [1.165, 1.54) is 0 Å². The fraction of sp³-hybridized carbons (Fsp3) is 0.250. The molecule has 1 aromatic heterocycles. The van der Waals surface area contributed by atoms with Gasteiger partial charge in [-0.1, -0.05) is 49.4 Å². The third kappa shape index (κ3) is 3.84. The lowest BCUT2D eigenvalue weighted by molar-refractivity contribution is -0.116. The topological polar surface area (TPSA) is 57.1 Å². The number of para-hydroxylation sites is 1. The van der Waals surface area contributed by atoms with E-state index in [-0.39, 0.29) is 12.1 Å². The lowest BCUT2D eigenvalue weighted by atomic mass is 10.1. The summed E-state index contributed by atoms with van der Waals surface area (Å²) < 4.78 is 0. The molecule has 1 aromatic carbocycles. The maximum atomic E-state index is 12.9. The van der Waals surface area contributed by atoms with E-state index >= 15 is 0 Å². The highest BCUT2D eigenvalue weighted by molar-refractivity contribution is 8.13. The number of thioether (sulfide) groups is 1. The van der Waals surface area contributed by atoms with Crippen LogP contribution < -0.4 is 15.9 Å². The van der Waals surface area contributed by atoms with Crippen molar-refractivity contribution in [2.75, 3.05) is 5.75 Å². The van der Waals surface area contributed by atoms with Gasteiger partial charge in [0.2, 0.25) is 0 Å². The second kappa shape index (κ2) is 8.10. The number of hydrazone groups is 1. The Morgan fingerprint density at radius 3 is 3.00 bits per heavy atom. The molecular weight excluding hydrogens is 376 g/mol. The van der Waals surface area contributed by atoms with Gasteiger partial charge in [0.1, 0.15) is 5.70 Å². The van der Waals surface area contributed by atoms with Crippen LogP contribution in [0.15, 0.2) is 57.9 Å². The van der Waals surface area contributed by atoms with E-state index in [0.717, 1.165) is 34.0 Å². The summed E-state index contributed by atoms with van der Waals surface area (Å²) in [6.07, 6.45) is 5.90. The van der Waals surface area contributed by atoms with E-state index in [9.17, 15) is 4.79 Å². The van der Waals surface area contributed by atoms with E-state index < -0.39 is 0 Å². The molecule has 0 saturated carbocycles. The molecule has 27 heavy (non-hydrogen) atoms. The third-order valence-corrected chi connectivity index (χ3v) is 6.04. The number of benzene rings is 1. The van der Waals surface area contributed by atoms with Gasteiger partial charge in [0, 0.05) is 15.8 Å². The molecular formula is C20H20N4OS2. The largest absolute Gasteiger partial charge is 0.298 e. The molecule has 7 heteroatoms. The van der Waals surface area contributed by atoms with Crippen LogP contribution in [0.25, 0.3) is 11.8 Å². The molecule has 0 saturated heterocycles. The van der Waals surface area contributed by atoms with Crippen molar-refractivity contribution in [2.45, 2.75) is 25.9 Å². The lowest BCUT2D eigenvalue weighted by Gasteiger charge is -2.32. The number of carbonyl (C=O) groups is 1. The third-order valence-electron chi connectivity index (χ3n) is 4.26.